The molecule has 3 heterocycles. The van der Waals surface area contributed by atoms with Gasteiger partial charge in [0.25, 0.3) is 11.5 Å². The Morgan fingerprint density at radius 3 is 2.95 bits per heavy atom. The first kappa shape index (κ1) is 15.0. The standard InChI is InChI=1S/C14H17N3O4S/c18-12-9-7-22-8-10(9)16-14(20)11(12)13(19)15-1-2-17-3-5-21-6-4-17/h7-8,18H,1-6H2,(H,15,19)(H,16,20). The number of aromatic hydroxyl groups is 1. The SMILES string of the molecule is O=C(NCCN1CCOCC1)c1c(O)c2cscc2[nH]c1=O. The Kier molecular flexibility index (Phi) is 4.41. The van der Waals surface area contributed by atoms with Gasteiger partial charge in [0.05, 0.1) is 24.1 Å². The van der Waals surface area contributed by atoms with Crippen LogP contribution in [0.5, 0.6) is 5.75 Å². The molecule has 8 heteroatoms. The third kappa shape index (κ3) is 2.99. The zero-order valence-electron chi connectivity index (χ0n) is 11.9. The Bertz CT molecular complexity index is 733. The third-order valence-electron chi connectivity index (χ3n) is 3.67. The molecule has 1 aliphatic heterocycles. The molecule has 0 aromatic carbocycles. The summed E-state index contributed by atoms with van der Waals surface area (Å²) in [5.41, 5.74) is -0.266. The summed E-state index contributed by atoms with van der Waals surface area (Å²) >= 11 is 1.35. The number of pyridine rings is 1. The van der Waals surface area contributed by atoms with E-state index >= 15 is 0 Å². The van der Waals surface area contributed by atoms with Crippen molar-refractivity contribution >= 4 is 28.1 Å². The molecule has 1 amide bonds. The quantitative estimate of drug-likeness (QED) is 0.755. The molecule has 2 aromatic heterocycles. The Labute approximate surface area is 130 Å². The Morgan fingerprint density at radius 2 is 2.18 bits per heavy atom. The monoisotopic (exact) mass is 323 g/mol. The van der Waals surface area contributed by atoms with Gasteiger partial charge in [0.1, 0.15) is 11.3 Å². The highest BCUT2D eigenvalue weighted by Crippen LogP contribution is 2.27. The van der Waals surface area contributed by atoms with Gasteiger partial charge < -0.3 is 20.1 Å². The fraction of sp³-hybridized carbons (Fsp3) is 0.429. The number of thiophene rings is 1. The van der Waals surface area contributed by atoms with Crippen LogP contribution in [0.3, 0.4) is 0 Å². The number of amides is 1. The number of H-pyrrole nitrogens is 1. The summed E-state index contributed by atoms with van der Waals surface area (Å²) in [4.78, 5) is 28.9. The van der Waals surface area contributed by atoms with Gasteiger partial charge in [-0.05, 0) is 0 Å². The van der Waals surface area contributed by atoms with Crippen LogP contribution in [0.25, 0.3) is 10.9 Å². The number of aromatic nitrogens is 1. The van der Waals surface area contributed by atoms with Gasteiger partial charge in [-0.3, -0.25) is 14.5 Å². The molecule has 0 spiro atoms. The topological polar surface area (TPSA) is 94.7 Å². The van der Waals surface area contributed by atoms with Gasteiger partial charge in [-0.15, -0.1) is 11.3 Å². The fourth-order valence-electron chi connectivity index (χ4n) is 2.46. The van der Waals surface area contributed by atoms with Gasteiger partial charge >= 0.3 is 0 Å². The van der Waals surface area contributed by atoms with Crippen molar-refractivity contribution in [3.8, 4) is 5.75 Å². The van der Waals surface area contributed by atoms with Crippen molar-refractivity contribution in [2.45, 2.75) is 0 Å². The normalized spacial score (nSPS) is 16.0. The molecule has 0 saturated carbocycles. The van der Waals surface area contributed by atoms with Gasteiger partial charge in [-0.25, -0.2) is 0 Å². The maximum absolute atomic E-state index is 12.2. The highest BCUT2D eigenvalue weighted by molar-refractivity contribution is 7.09. The Morgan fingerprint density at radius 1 is 1.41 bits per heavy atom. The van der Waals surface area contributed by atoms with E-state index in [-0.39, 0.29) is 11.3 Å². The molecule has 1 aliphatic rings. The maximum atomic E-state index is 12.2. The van der Waals surface area contributed by atoms with Crippen molar-refractivity contribution in [2.24, 2.45) is 0 Å². The first-order valence-corrected chi connectivity index (χ1v) is 8.00. The molecule has 0 atom stereocenters. The Balaban J connectivity index is 1.68. The van der Waals surface area contributed by atoms with E-state index in [1.54, 1.807) is 10.8 Å². The second kappa shape index (κ2) is 6.47. The minimum atomic E-state index is -0.577. The number of fused-ring (bicyclic) bond motifs is 1. The molecule has 0 aliphatic carbocycles. The van der Waals surface area contributed by atoms with E-state index in [2.05, 4.69) is 15.2 Å². The second-order valence-corrected chi connectivity index (χ2v) is 5.83. The average Bonchev–Trinajstić information content (AvgIpc) is 2.97. The van der Waals surface area contributed by atoms with E-state index in [0.29, 0.717) is 37.2 Å². The summed E-state index contributed by atoms with van der Waals surface area (Å²) in [5.74, 6) is -0.816. The van der Waals surface area contributed by atoms with E-state index < -0.39 is 11.5 Å². The minimum absolute atomic E-state index is 0.229. The van der Waals surface area contributed by atoms with Crippen LogP contribution in [0, 0.1) is 0 Å². The smallest absolute Gasteiger partial charge is 0.265 e. The Hall–Kier alpha value is -1.90. The molecular weight excluding hydrogens is 306 g/mol. The zero-order valence-corrected chi connectivity index (χ0v) is 12.7. The summed E-state index contributed by atoms with van der Waals surface area (Å²) < 4.78 is 5.25. The number of morpholine rings is 1. The van der Waals surface area contributed by atoms with E-state index in [0.717, 1.165) is 13.1 Å². The van der Waals surface area contributed by atoms with Crippen LogP contribution in [-0.2, 0) is 4.74 Å². The van der Waals surface area contributed by atoms with Crippen LogP contribution >= 0.6 is 11.3 Å². The van der Waals surface area contributed by atoms with Gasteiger partial charge in [-0.2, -0.15) is 0 Å². The van der Waals surface area contributed by atoms with Crippen molar-refractivity contribution in [1.82, 2.24) is 15.2 Å². The number of nitrogens with one attached hydrogen (secondary N) is 2. The molecule has 1 fully saturated rings. The largest absolute Gasteiger partial charge is 0.506 e. The molecule has 3 N–H and O–H groups in total. The summed E-state index contributed by atoms with van der Waals surface area (Å²) in [5, 5.41) is 16.7. The van der Waals surface area contributed by atoms with E-state index in [1.165, 1.54) is 11.3 Å². The van der Waals surface area contributed by atoms with Crippen molar-refractivity contribution in [3.05, 3.63) is 26.7 Å². The second-order valence-electron chi connectivity index (χ2n) is 5.09. The van der Waals surface area contributed by atoms with Gasteiger partial charge in [-0.1, -0.05) is 0 Å². The number of carbonyl (C=O) groups is 1. The molecular formula is C14H17N3O4S. The van der Waals surface area contributed by atoms with E-state index in [9.17, 15) is 14.7 Å². The first-order valence-electron chi connectivity index (χ1n) is 7.06. The number of nitrogens with zero attached hydrogens (tertiary/aromatic N) is 1. The maximum Gasteiger partial charge on any atom is 0.265 e. The lowest BCUT2D eigenvalue weighted by molar-refractivity contribution is 0.0383. The molecule has 118 valence electrons. The molecule has 3 rings (SSSR count). The highest BCUT2D eigenvalue weighted by atomic mass is 32.1. The van der Waals surface area contributed by atoms with E-state index in [1.807, 2.05) is 0 Å². The number of hydrogen-bond acceptors (Lipinski definition) is 6. The molecule has 0 bridgehead atoms. The summed E-state index contributed by atoms with van der Waals surface area (Å²) in [6, 6.07) is 0. The first-order chi connectivity index (χ1) is 10.7. The molecule has 22 heavy (non-hydrogen) atoms. The average molecular weight is 323 g/mol. The number of hydrogen-bond donors (Lipinski definition) is 3. The van der Waals surface area contributed by atoms with Crippen LogP contribution in [-0.4, -0.2) is 60.3 Å². The van der Waals surface area contributed by atoms with Crippen LogP contribution in [0.4, 0.5) is 0 Å². The number of aromatic amines is 1. The van der Waals surface area contributed by atoms with Crippen LogP contribution in [0.1, 0.15) is 10.4 Å². The zero-order chi connectivity index (χ0) is 15.5. The predicted molar refractivity (Wildman–Crippen MR) is 83.7 cm³/mol. The number of rotatable bonds is 4. The van der Waals surface area contributed by atoms with Gasteiger partial charge in [0, 0.05) is 36.9 Å². The molecule has 0 unspecified atom stereocenters. The van der Waals surface area contributed by atoms with Gasteiger partial charge in [0.15, 0.2) is 0 Å². The summed E-state index contributed by atoms with van der Waals surface area (Å²) in [6.07, 6.45) is 0. The highest BCUT2D eigenvalue weighted by Gasteiger charge is 2.19. The lowest BCUT2D eigenvalue weighted by Gasteiger charge is -2.26. The van der Waals surface area contributed by atoms with Gasteiger partial charge in [0.2, 0.25) is 0 Å². The van der Waals surface area contributed by atoms with Crippen LogP contribution in [0.2, 0.25) is 0 Å². The third-order valence-corrected chi connectivity index (χ3v) is 4.42. The lowest BCUT2D eigenvalue weighted by atomic mass is 10.2. The lowest BCUT2D eigenvalue weighted by Crippen LogP contribution is -2.42. The molecule has 1 saturated heterocycles. The molecule has 0 radical (unpaired) electrons. The number of carbonyl (C=O) groups excluding carboxylic acids is 1. The predicted octanol–water partition coefficient (Wildman–Crippen LogP) is 0.357. The van der Waals surface area contributed by atoms with Crippen molar-refractivity contribution in [2.75, 3.05) is 39.4 Å². The van der Waals surface area contributed by atoms with E-state index in [4.69, 9.17) is 4.74 Å². The molecule has 7 nitrogen and oxygen atoms in total. The number of ether oxygens (including phenoxy) is 1. The van der Waals surface area contributed by atoms with Crippen molar-refractivity contribution < 1.29 is 14.6 Å². The fourth-order valence-corrected chi connectivity index (χ4v) is 3.22. The van der Waals surface area contributed by atoms with Crippen molar-refractivity contribution in [1.29, 1.82) is 0 Å². The molecule has 2 aromatic rings. The summed E-state index contributed by atoms with van der Waals surface area (Å²) in [6.45, 7) is 4.17. The summed E-state index contributed by atoms with van der Waals surface area (Å²) in [7, 11) is 0. The van der Waals surface area contributed by atoms with Crippen LogP contribution in [0.15, 0.2) is 15.6 Å². The van der Waals surface area contributed by atoms with Crippen molar-refractivity contribution in [3.63, 3.8) is 0 Å². The minimum Gasteiger partial charge on any atom is -0.506 e. The van der Waals surface area contributed by atoms with Crippen LogP contribution < -0.4 is 10.9 Å².